The van der Waals surface area contributed by atoms with E-state index < -0.39 is 0 Å². The van der Waals surface area contributed by atoms with E-state index in [0.29, 0.717) is 11.6 Å². The van der Waals surface area contributed by atoms with Gasteiger partial charge >= 0.3 is 0 Å². The monoisotopic (exact) mass is 286 g/mol. The fraction of sp³-hybridized carbons (Fsp3) is 0.312. The predicted molar refractivity (Wildman–Crippen MR) is 81.7 cm³/mol. The summed E-state index contributed by atoms with van der Waals surface area (Å²) >= 11 is 1.76. The lowest BCUT2D eigenvalue weighted by Gasteiger charge is -2.24. The van der Waals surface area contributed by atoms with Crippen molar-refractivity contribution < 1.29 is 4.79 Å². The van der Waals surface area contributed by atoms with E-state index in [4.69, 9.17) is 5.73 Å². The lowest BCUT2D eigenvalue weighted by molar-refractivity contribution is 0.100. The molecule has 1 aliphatic rings. The summed E-state index contributed by atoms with van der Waals surface area (Å²) in [6, 6.07) is 10.4. The van der Waals surface area contributed by atoms with Crippen molar-refractivity contribution in [3.05, 3.63) is 57.8 Å². The molecule has 1 saturated heterocycles. The molecule has 1 amide bonds. The van der Waals surface area contributed by atoms with E-state index in [1.165, 1.54) is 24.0 Å². The minimum absolute atomic E-state index is 0.367. The molecule has 1 aromatic carbocycles. The molecule has 0 unspecified atom stereocenters. The van der Waals surface area contributed by atoms with Crippen molar-refractivity contribution in [2.75, 3.05) is 6.54 Å². The Hall–Kier alpha value is -1.65. The largest absolute Gasteiger partial charge is 0.366 e. The first-order valence-electron chi connectivity index (χ1n) is 6.89. The minimum atomic E-state index is -0.367. The SMILES string of the molecule is NC(=O)c1ccc(CN2CCC[C@H]2c2ccsc2)cc1. The zero-order valence-electron chi connectivity index (χ0n) is 11.3. The summed E-state index contributed by atoms with van der Waals surface area (Å²) in [5, 5.41) is 4.40. The molecule has 1 aromatic heterocycles. The molecule has 3 rings (SSSR count). The fourth-order valence-electron chi connectivity index (χ4n) is 2.87. The molecule has 0 spiro atoms. The van der Waals surface area contributed by atoms with Crippen LogP contribution in [0, 0.1) is 0 Å². The van der Waals surface area contributed by atoms with Crippen LogP contribution in [0.3, 0.4) is 0 Å². The quantitative estimate of drug-likeness (QED) is 0.938. The molecule has 1 fully saturated rings. The van der Waals surface area contributed by atoms with E-state index >= 15 is 0 Å². The van der Waals surface area contributed by atoms with Crippen LogP contribution in [0.4, 0.5) is 0 Å². The number of nitrogens with zero attached hydrogens (tertiary/aromatic N) is 1. The molecule has 104 valence electrons. The highest BCUT2D eigenvalue weighted by molar-refractivity contribution is 7.07. The van der Waals surface area contributed by atoms with Crippen molar-refractivity contribution in [3.63, 3.8) is 0 Å². The van der Waals surface area contributed by atoms with Gasteiger partial charge in [-0.15, -0.1) is 0 Å². The third kappa shape index (κ3) is 2.76. The molecule has 0 bridgehead atoms. The lowest BCUT2D eigenvalue weighted by atomic mass is 10.1. The Bertz CT molecular complexity index is 577. The molecule has 2 aromatic rings. The van der Waals surface area contributed by atoms with Gasteiger partial charge < -0.3 is 5.73 Å². The highest BCUT2D eigenvalue weighted by atomic mass is 32.1. The summed E-state index contributed by atoms with van der Waals surface area (Å²) in [5.41, 5.74) is 8.50. The summed E-state index contributed by atoms with van der Waals surface area (Å²) in [5.74, 6) is -0.367. The van der Waals surface area contributed by atoms with E-state index in [9.17, 15) is 4.79 Å². The number of hydrogen-bond acceptors (Lipinski definition) is 3. The van der Waals surface area contributed by atoms with Crippen molar-refractivity contribution >= 4 is 17.2 Å². The van der Waals surface area contributed by atoms with E-state index in [1.54, 1.807) is 11.3 Å². The topological polar surface area (TPSA) is 46.3 Å². The Balaban J connectivity index is 1.72. The molecule has 1 aliphatic heterocycles. The number of benzene rings is 1. The van der Waals surface area contributed by atoms with Gasteiger partial charge in [-0.1, -0.05) is 12.1 Å². The molecular weight excluding hydrogens is 268 g/mol. The van der Waals surface area contributed by atoms with Crippen LogP contribution in [0.1, 0.15) is 40.4 Å². The number of carbonyl (C=O) groups is 1. The number of nitrogens with two attached hydrogens (primary N) is 1. The summed E-state index contributed by atoms with van der Waals surface area (Å²) in [7, 11) is 0. The maximum atomic E-state index is 11.1. The second-order valence-corrected chi connectivity index (χ2v) is 6.03. The van der Waals surface area contributed by atoms with Crippen LogP contribution < -0.4 is 5.73 Å². The Morgan fingerprint density at radius 2 is 2.10 bits per heavy atom. The van der Waals surface area contributed by atoms with Crippen LogP contribution in [0.5, 0.6) is 0 Å². The first-order valence-corrected chi connectivity index (χ1v) is 7.83. The van der Waals surface area contributed by atoms with Gasteiger partial charge in [0.05, 0.1) is 0 Å². The number of thiophene rings is 1. The predicted octanol–water partition coefficient (Wildman–Crippen LogP) is 3.18. The van der Waals surface area contributed by atoms with Gasteiger partial charge in [0.1, 0.15) is 0 Å². The number of hydrogen-bond donors (Lipinski definition) is 1. The first kappa shape index (κ1) is 13.3. The molecule has 3 nitrogen and oxygen atoms in total. The van der Waals surface area contributed by atoms with Gasteiger partial charge in [-0.2, -0.15) is 11.3 Å². The van der Waals surface area contributed by atoms with Crippen molar-refractivity contribution in [1.82, 2.24) is 4.90 Å². The summed E-state index contributed by atoms with van der Waals surface area (Å²) in [6.07, 6.45) is 2.48. The second kappa shape index (κ2) is 5.77. The third-order valence-corrected chi connectivity index (χ3v) is 4.62. The van der Waals surface area contributed by atoms with E-state index in [2.05, 4.69) is 21.7 Å². The van der Waals surface area contributed by atoms with E-state index in [0.717, 1.165) is 13.1 Å². The number of likely N-dealkylation sites (tertiary alicyclic amines) is 1. The van der Waals surface area contributed by atoms with Crippen molar-refractivity contribution in [1.29, 1.82) is 0 Å². The molecule has 1 atom stereocenters. The highest BCUT2D eigenvalue weighted by Gasteiger charge is 2.26. The van der Waals surface area contributed by atoms with Gasteiger partial charge in [0.2, 0.25) is 5.91 Å². The van der Waals surface area contributed by atoms with Crippen LogP contribution in [0.15, 0.2) is 41.1 Å². The Morgan fingerprint density at radius 1 is 1.30 bits per heavy atom. The van der Waals surface area contributed by atoms with E-state index in [1.807, 2.05) is 24.3 Å². The van der Waals surface area contributed by atoms with Crippen LogP contribution >= 0.6 is 11.3 Å². The zero-order valence-corrected chi connectivity index (χ0v) is 12.1. The van der Waals surface area contributed by atoms with Gasteiger partial charge in [0.15, 0.2) is 0 Å². The van der Waals surface area contributed by atoms with Crippen LogP contribution in [0.25, 0.3) is 0 Å². The average molecular weight is 286 g/mol. The maximum Gasteiger partial charge on any atom is 0.248 e. The van der Waals surface area contributed by atoms with Crippen molar-refractivity contribution in [2.45, 2.75) is 25.4 Å². The number of primary amides is 1. The normalized spacial score (nSPS) is 19.3. The highest BCUT2D eigenvalue weighted by Crippen LogP contribution is 2.34. The van der Waals surface area contributed by atoms with Crippen molar-refractivity contribution in [2.24, 2.45) is 5.73 Å². The van der Waals surface area contributed by atoms with Gasteiger partial charge in [-0.25, -0.2) is 0 Å². The molecule has 4 heteroatoms. The van der Waals surface area contributed by atoms with Gasteiger partial charge in [-0.3, -0.25) is 9.69 Å². The lowest BCUT2D eigenvalue weighted by Crippen LogP contribution is -2.22. The van der Waals surface area contributed by atoms with Gasteiger partial charge in [0.25, 0.3) is 0 Å². The standard InChI is InChI=1S/C16H18N2OS/c17-16(19)13-5-3-12(4-6-13)10-18-8-1-2-15(18)14-7-9-20-11-14/h3-7,9,11,15H,1-2,8,10H2,(H2,17,19)/t15-/m0/s1. The molecule has 0 saturated carbocycles. The molecule has 20 heavy (non-hydrogen) atoms. The Kier molecular flexibility index (Phi) is 3.85. The number of rotatable bonds is 4. The van der Waals surface area contributed by atoms with Gasteiger partial charge in [0, 0.05) is 18.2 Å². The summed E-state index contributed by atoms with van der Waals surface area (Å²) in [6.45, 7) is 2.07. The Morgan fingerprint density at radius 3 is 2.75 bits per heavy atom. The number of carbonyl (C=O) groups excluding carboxylic acids is 1. The summed E-state index contributed by atoms with van der Waals surface area (Å²) in [4.78, 5) is 13.6. The van der Waals surface area contributed by atoms with Crippen LogP contribution in [0.2, 0.25) is 0 Å². The van der Waals surface area contributed by atoms with Crippen LogP contribution in [-0.2, 0) is 6.54 Å². The first-order chi connectivity index (χ1) is 9.74. The van der Waals surface area contributed by atoms with E-state index in [-0.39, 0.29) is 5.91 Å². The average Bonchev–Trinajstić information content (AvgIpc) is 3.09. The molecule has 2 heterocycles. The zero-order chi connectivity index (χ0) is 13.9. The summed E-state index contributed by atoms with van der Waals surface area (Å²) < 4.78 is 0. The van der Waals surface area contributed by atoms with Crippen molar-refractivity contribution in [3.8, 4) is 0 Å². The second-order valence-electron chi connectivity index (χ2n) is 5.25. The Labute approximate surface area is 123 Å². The molecule has 0 radical (unpaired) electrons. The van der Waals surface area contributed by atoms with Crippen LogP contribution in [-0.4, -0.2) is 17.4 Å². The van der Waals surface area contributed by atoms with Gasteiger partial charge in [-0.05, 0) is 59.5 Å². The number of amides is 1. The molecule has 0 aliphatic carbocycles. The molecular formula is C16H18N2OS. The molecule has 2 N–H and O–H groups in total. The fourth-order valence-corrected chi connectivity index (χ4v) is 3.57. The third-order valence-electron chi connectivity index (χ3n) is 3.92. The maximum absolute atomic E-state index is 11.1. The minimum Gasteiger partial charge on any atom is -0.366 e. The smallest absolute Gasteiger partial charge is 0.248 e.